The number of nitrogens with one attached hydrogen (secondary N) is 1. The van der Waals surface area contributed by atoms with Crippen LogP contribution in [0.4, 0.5) is 0 Å². The van der Waals surface area contributed by atoms with Crippen LogP contribution >= 0.6 is 11.8 Å². The van der Waals surface area contributed by atoms with E-state index in [1.54, 1.807) is 24.3 Å². The number of H-pyrrole nitrogens is 1. The third kappa shape index (κ3) is 6.74. The smallest absolute Gasteiger partial charge is 0.270 e. The van der Waals surface area contributed by atoms with Crippen molar-refractivity contribution in [3.8, 4) is 63.1 Å². The highest BCUT2D eigenvalue weighted by Crippen LogP contribution is 2.44. The second-order valence-electron chi connectivity index (χ2n) is 10.3. The molecule has 0 aliphatic heterocycles. The summed E-state index contributed by atoms with van der Waals surface area (Å²) < 4.78 is 39.9. The van der Waals surface area contributed by atoms with E-state index >= 15 is 0 Å². The zero-order valence-corrected chi connectivity index (χ0v) is 28.0. The fraction of sp³-hybridized carbons (Fsp3) is 0.257. The molecule has 0 spiro atoms. The highest BCUT2D eigenvalue weighted by atomic mass is 32.2. The molecule has 2 aromatic heterocycles. The highest BCUT2D eigenvalue weighted by molar-refractivity contribution is 7.99. The van der Waals surface area contributed by atoms with Gasteiger partial charge in [-0.2, -0.15) is 5.26 Å². The van der Waals surface area contributed by atoms with Gasteiger partial charge in [0.25, 0.3) is 5.56 Å². The Hall–Kier alpha value is -5.61. The Morgan fingerprint density at radius 2 is 1.60 bits per heavy atom. The normalized spacial score (nSPS) is 10.8. The van der Waals surface area contributed by atoms with Crippen LogP contribution in [0.1, 0.15) is 17.5 Å². The number of aromatic amines is 1. The molecule has 5 rings (SSSR count). The Bertz CT molecular complexity index is 2110. The molecule has 0 bridgehead atoms. The van der Waals surface area contributed by atoms with Crippen molar-refractivity contribution >= 4 is 22.7 Å². The number of ether oxygens (including phenoxy) is 6. The summed E-state index contributed by atoms with van der Waals surface area (Å²) in [6.45, 7) is 2.04. The van der Waals surface area contributed by atoms with Gasteiger partial charge in [-0.15, -0.1) is 0 Å². The van der Waals surface area contributed by atoms with E-state index in [-0.39, 0.29) is 40.4 Å². The van der Waals surface area contributed by atoms with Crippen molar-refractivity contribution in [1.82, 2.24) is 9.97 Å². The van der Waals surface area contributed by atoms with Crippen molar-refractivity contribution < 1.29 is 32.8 Å². The predicted molar refractivity (Wildman–Crippen MR) is 181 cm³/mol. The van der Waals surface area contributed by atoms with Crippen LogP contribution in [0.25, 0.3) is 33.6 Å². The molecule has 0 saturated heterocycles. The van der Waals surface area contributed by atoms with Crippen LogP contribution in [-0.2, 0) is 0 Å². The van der Waals surface area contributed by atoms with Crippen molar-refractivity contribution in [2.24, 2.45) is 0 Å². The highest BCUT2D eigenvalue weighted by Gasteiger charge is 2.24. The maximum Gasteiger partial charge on any atom is 0.270 e. The van der Waals surface area contributed by atoms with Gasteiger partial charge in [-0.25, -0.2) is 4.98 Å². The topological polar surface area (TPSA) is 155 Å². The first-order chi connectivity index (χ1) is 23.3. The van der Waals surface area contributed by atoms with E-state index < -0.39 is 11.0 Å². The lowest BCUT2D eigenvalue weighted by atomic mass is 10.1. The zero-order chi connectivity index (χ0) is 34.4. The van der Waals surface area contributed by atoms with Crippen LogP contribution in [0.2, 0.25) is 0 Å². The summed E-state index contributed by atoms with van der Waals surface area (Å²) >= 11 is 1.29. The first kappa shape index (κ1) is 33.7. The summed E-state index contributed by atoms with van der Waals surface area (Å²) in [4.78, 5) is 34.0. The number of fused-ring (bicyclic) bond motifs is 1. The van der Waals surface area contributed by atoms with Gasteiger partial charge in [-0.3, -0.25) is 9.59 Å². The largest absolute Gasteiger partial charge is 0.496 e. The van der Waals surface area contributed by atoms with E-state index in [0.29, 0.717) is 57.1 Å². The lowest BCUT2D eigenvalue weighted by molar-refractivity contribution is 0.309. The van der Waals surface area contributed by atoms with Gasteiger partial charge in [0.1, 0.15) is 34.1 Å². The van der Waals surface area contributed by atoms with E-state index in [1.807, 2.05) is 37.3 Å². The lowest BCUT2D eigenvalue weighted by Gasteiger charge is -2.17. The van der Waals surface area contributed by atoms with E-state index in [1.165, 1.54) is 47.3 Å². The molecule has 1 N–H and O–H groups in total. The molecule has 0 fully saturated rings. The van der Waals surface area contributed by atoms with Gasteiger partial charge >= 0.3 is 0 Å². The second kappa shape index (κ2) is 14.9. The first-order valence-electron chi connectivity index (χ1n) is 14.7. The molecule has 2 heterocycles. The van der Waals surface area contributed by atoms with Crippen molar-refractivity contribution in [2.45, 2.75) is 18.5 Å². The van der Waals surface area contributed by atoms with Crippen LogP contribution in [0.15, 0.2) is 67.7 Å². The van der Waals surface area contributed by atoms with E-state index in [4.69, 9.17) is 32.8 Å². The average Bonchev–Trinajstić information content (AvgIpc) is 3.10. The minimum atomic E-state index is -0.517. The van der Waals surface area contributed by atoms with Gasteiger partial charge in [0, 0.05) is 29.0 Å². The molecule has 12 nitrogen and oxygen atoms in total. The summed E-state index contributed by atoms with van der Waals surface area (Å²) in [5.74, 6) is 2.34. The molecule has 0 saturated carbocycles. The Morgan fingerprint density at radius 1 is 0.875 bits per heavy atom. The Kier molecular flexibility index (Phi) is 10.5. The van der Waals surface area contributed by atoms with E-state index in [2.05, 4.69) is 9.97 Å². The third-order valence-electron chi connectivity index (χ3n) is 7.35. The predicted octanol–water partition coefficient (Wildman–Crippen LogP) is 5.99. The number of aromatic nitrogens is 2. The van der Waals surface area contributed by atoms with E-state index in [9.17, 15) is 14.9 Å². The van der Waals surface area contributed by atoms with Crippen LogP contribution < -0.4 is 39.4 Å². The number of aryl methyl sites for hydroxylation is 1. The summed E-state index contributed by atoms with van der Waals surface area (Å²) in [6, 6.07) is 15.9. The van der Waals surface area contributed by atoms with Crippen LogP contribution in [0.3, 0.4) is 0 Å². The van der Waals surface area contributed by atoms with Gasteiger partial charge < -0.3 is 37.8 Å². The molecular formula is C35H33N3O9S. The van der Waals surface area contributed by atoms with Gasteiger partial charge in [-0.1, -0.05) is 35.5 Å². The molecule has 0 amide bonds. The number of nitriles is 1. The molecule has 3 aromatic carbocycles. The lowest BCUT2D eigenvalue weighted by Crippen LogP contribution is -2.15. The number of hydrogen-bond acceptors (Lipinski definition) is 12. The average molecular weight is 672 g/mol. The van der Waals surface area contributed by atoms with Crippen LogP contribution in [0, 0.1) is 18.3 Å². The molecule has 5 aromatic rings. The molecule has 48 heavy (non-hydrogen) atoms. The monoisotopic (exact) mass is 671 g/mol. The number of hydrogen-bond donors (Lipinski definition) is 1. The number of rotatable bonds is 13. The Labute approximate surface area is 280 Å². The zero-order valence-electron chi connectivity index (χ0n) is 27.2. The molecule has 13 heteroatoms. The second-order valence-corrected chi connectivity index (χ2v) is 11.4. The maximum atomic E-state index is 14.0. The Balaban J connectivity index is 1.47. The standard InChI is InChI=1S/C35H33N3O9S/c1-19-9-7-10-20(13-19)29-23(18-36)34(40)38-35(37-29)48-12-8-11-46-33-30(39)28-24(42-3)16-22(41-2)17-25(28)47-31(33)21-14-26(43-4)32(45-6)27(15-21)44-5/h7,9-10,13-17H,8,11-12H2,1-6H3,(H,37,38,40). The minimum Gasteiger partial charge on any atom is -0.496 e. The molecule has 248 valence electrons. The molecular weight excluding hydrogens is 638 g/mol. The third-order valence-corrected chi connectivity index (χ3v) is 8.31. The fourth-order valence-corrected chi connectivity index (χ4v) is 5.86. The fourth-order valence-electron chi connectivity index (χ4n) is 5.08. The molecule has 0 aliphatic carbocycles. The van der Waals surface area contributed by atoms with Gasteiger partial charge in [0.15, 0.2) is 22.4 Å². The number of nitrogens with zero attached hydrogens (tertiary/aromatic N) is 2. The Morgan fingerprint density at radius 3 is 2.23 bits per heavy atom. The van der Waals surface area contributed by atoms with Crippen molar-refractivity contribution in [3.05, 3.63) is 80.2 Å². The number of thioether (sulfide) groups is 1. The minimum absolute atomic E-state index is 0.0446. The molecule has 0 aliphatic rings. The van der Waals surface area contributed by atoms with Crippen LogP contribution in [0.5, 0.6) is 34.5 Å². The summed E-state index contributed by atoms with van der Waals surface area (Å²) in [7, 11) is 7.42. The number of methoxy groups -OCH3 is 5. The van der Waals surface area contributed by atoms with Crippen molar-refractivity contribution in [3.63, 3.8) is 0 Å². The summed E-state index contributed by atoms with van der Waals surface area (Å²) in [5, 5.41) is 10.2. The van der Waals surface area contributed by atoms with Crippen molar-refractivity contribution in [2.75, 3.05) is 47.9 Å². The molecule has 0 unspecified atom stereocenters. The number of benzene rings is 3. The maximum absolute atomic E-state index is 14.0. The van der Waals surface area contributed by atoms with Gasteiger partial charge in [0.05, 0.1) is 47.8 Å². The quantitative estimate of drug-likeness (QED) is 0.0887. The summed E-state index contributed by atoms with van der Waals surface area (Å²) in [5.41, 5.74) is 1.62. The van der Waals surface area contributed by atoms with Gasteiger partial charge in [0.2, 0.25) is 16.9 Å². The van der Waals surface area contributed by atoms with E-state index in [0.717, 1.165) is 5.56 Å². The molecule has 0 radical (unpaired) electrons. The first-order valence-corrected chi connectivity index (χ1v) is 15.7. The SMILES string of the molecule is COc1cc(OC)c2c(=O)c(OCCCSc3nc(-c4cccc(C)c4)c(C#N)c(=O)[nH]3)c(-c3cc(OC)c(OC)c(OC)c3)oc2c1. The van der Waals surface area contributed by atoms with Gasteiger partial charge in [-0.05, 0) is 31.5 Å². The van der Waals surface area contributed by atoms with Crippen molar-refractivity contribution in [1.29, 1.82) is 5.26 Å². The molecule has 0 atom stereocenters. The van der Waals surface area contributed by atoms with Crippen LogP contribution in [-0.4, -0.2) is 57.9 Å². The summed E-state index contributed by atoms with van der Waals surface area (Å²) in [6.07, 6.45) is 0.458.